The number of benzene rings is 3. The van der Waals surface area contributed by atoms with Gasteiger partial charge in [0.15, 0.2) is 5.82 Å². The molecule has 36 heavy (non-hydrogen) atoms. The van der Waals surface area contributed by atoms with E-state index in [1.54, 1.807) is 0 Å². The fraction of sp³-hybridized carbons (Fsp3) is 0.300. The van der Waals surface area contributed by atoms with Crippen molar-refractivity contribution in [2.45, 2.75) is 39.8 Å². The minimum Gasteiger partial charge on any atom is -0.352 e. The minimum absolute atomic E-state index is 0.0538. The molecule has 2 heterocycles. The minimum atomic E-state index is -0.0865. The van der Waals surface area contributed by atoms with E-state index in [0.29, 0.717) is 44.8 Å². The number of piperidine rings is 1. The van der Waals surface area contributed by atoms with Crippen molar-refractivity contribution in [3.63, 3.8) is 0 Å². The number of fused-ring (bicyclic) bond motifs is 1. The monoisotopic (exact) mass is 480 g/mol. The van der Waals surface area contributed by atoms with Gasteiger partial charge in [-0.3, -0.25) is 14.2 Å². The van der Waals surface area contributed by atoms with Crippen molar-refractivity contribution in [3.05, 3.63) is 105 Å². The van der Waals surface area contributed by atoms with Crippen molar-refractivity contribution in [3.8, 4) is 0 Å². The zero-order valence-electron chi connectivity index (χ0n) is 20.9. The highest BCUT2D eigenvalue weighted by molar-refractivity contribution is 5.79. The molecular weight excluding hydrogens is 448 g/mol. The van der Waals surface area contributed by atoms with Gasteiger partial charge in [0.25, 0.3) is 5.56 Å². The number of nitrogens with zero attached hydrogens (tertiary/aromatic N) is 3. The van der Waals surface area contributed by atoms with E-state index in [1.165, 1.54) is 11.1 Å². The zero-order chi connectivity index (χ0) is 25.1. The van der Waals surface area contributed by atoms with Gasteiger partial charge in [0.2, 0.25) is 5.91 Å². The van der Waals surface area contributed by atoms with Crippen molar-refractivity contribution >= 4 is 22.8 Å². The third-order valence-electron chi connectivity index (χ3n) is 7.05. The maximum atomic E-state index is 13.6. The van der Waals surface area contributed by atoms with Crippen molar-refractivity contribution in [1.29, 1.82) is 0 Å². The summed E-state index contributed by atoms with van der Waals surface area (Å²) in [6, 6.07) is 24.3. The van der Waals surface area contributed by atoms with Crippen LogP contribution in [-0.2, 0) is 17.9 Å². The molecule has 184 valence electrons. The van der Waals surface area contributed by atoms with Gasteiger partial charge < -0.3 is 10.2 Å². The number of anilines is 1. The molecule has 1 aliphatic rings. The predicted octanol–water partition coefficient (Wildman–Crippen LogP) is 4.59. The van der Waals surface area contributed by atoms with Crippen LogP contribution in [0.3, 0.4) is 0 Å². The summed E-state index contributed by atoms with van der Waals surface area (Å²) in [6.45, 7) is 6.41. The van der Waals surface area contributed by atoms with Gasteiger partial charge in [0.05, 0.1) is 17.6 Å². The Hall–Kier alpha value is -3.93. The molecule has 0 aliphatic carbocycles. The van der Waals surface area contributed by atoms with Crippen LogP contribution in [0.4, 0.5) is 5.82 Å². The number of para-hydroxylation sites is 2. The standard InChI is InChI=1S/C30H32N4O2/c1-21-7-11-23(12-8-21)19-31-29(35)25-15-17-33(18-16-25)28-30(36)34(20-24-13-9-22(2)10-14-24)27-6-4-3-5-26(27)32-28/h3-14,25H,15-20H2,1-2H3,(H,31,35). The molecule has 4 aromatic rings. The van der Waals surface area contributed by atoms with Crippen LogP contribution in [0, 0.1) is 19.8 Å². The van der Waals surface area contributed by atoms with E-state index in [2.05, 4.69) is 55.6 Å². The highest BCUT2D eigenvalue weighted by Crippen LogP contribution is 2.23. The Bertz CT molecular complexity index is 1420. The molecule has 0 spiro atoms. The van der Waals surface area contributed by atoms with E-state index in [0.717, 1.165) is 22.2 Å². The van der Waals surface area contributed by atoms with Gasteiger partial charge in [-0.1, -0.05) is 71.8 Å². The number of carbonyl (C=O) groups is 1. The highest BCUT2D eigenvalue weighted by Gasteiger charge is 2.27. The summed E-state index contributed by atoms with van der Waals surface area (Å²) in [4.78, 5) is 33.2. The second-order valence-electron chi connectivity index (χ2n) is 9.77. The summed E-state index contributed by atoms with van der Waals surface area (Å²) in [7, 11) is 0. The molecule has 6 nitrogen and oxygen atoms in total. The van der Waals surface area contributed by atoms with E-state index < -0.39 is 0 Å². The topological polar surface area (TPSA) is 67.2 Å². The molecule has 0 bridgehead atoms. The largest absolute Gasteiger partial charge is 0.352 e. The number of carbonyl (C=O) groups excluding carboxylic acids is 1. The lowest BCUT2D eigenvalue weighted by Crippen LogP contribution is -2.43. The molecule has 1 aromatic heterocycles. The first-order valence-corrected chi connectivity index (χ1v) is 12.6. The second-order valence-corrected chi connectivity index (χ2v) is 9.77. The molecule has 0 saturated carbocycles. The second kappa shape index (κ2) is 10.4. The number of hydrogen-bond donors (Lipinski definition) is 1. The van der Waals surface area contributed by atoms with Crippen LogP contribution in [0.25, 0.3) is 11.0 Å². The van der Waals surface area contributed by atoms with Gasteiger partial charge in [-0.25, -0.2) is 4.98 Å². The molecule has 0 atom stereocenters. The molecule has 1 aliphatic heterocycles. The van der Waals surface area contributed by atoms with Crippen molar-refractivity contribution < 1.29 is 4.79 Å². The molecular formula is C30H32N4O2. The van der Waals surface area contributed by atoms with Crippen LogP contribution in [0.15, 0.2) is 77.6 Å². The molecule has 6 heteroatoms. The van der Waals surface area contributed by atoms with Gasteiger partial charge in [-0.15, -0.1) is 0 Å². The van der Waals surface area contributed by atoms with Crippen LogP contribution in [0.2, 0.25) is 0 Å². The van der Waals surface area contributed by atoms with Gasteiger partial charge in [-0.05, 0) is 49.9 Å². The highest BCUT2D eigenvalue weighted by atomic mass is 16.2. The van der Waals surface area contributed by atoms with Crippen LogP contribution >= 0.6 is 0 Å². The molecule has 5 rings (SSSR count). The van der Waals surface area contributed by atoms with Gasteiger partial charge in [0, 0.05) is 25.6 Å². The van der Waals surface area contributed by atoms with Crippen LogP contribution < -0.4 is 15.8 Å². The average Bonchev–Trinajstić information content (AvgIpc) is 2.91. The molecule has 3 aromatic carbocycles. The van der Waals surface area contributed by atoms with Crippen LogP contribution in [0.1, 0.15) is 35.1 Å². The number of nitrogens with one attached hydrogen (secondary N) is 1. The smallest absolute Gasteiger partial charge is 0.294 e. The Labute approximate surface area is 211 Å². The number of aryl methyl sites for hydroxylation is 2. The SMILES string of the molecule is Cc1ccc(CNC(=O)C2CCN(c3nc4ccccc4n(Cc4ccc(C)cc4)c3=O)CC2)cc1. The first-order chi connectivity index (χ1) is 17.5. The number of amides is 1. The predicted molar refractivity (Wildman–Crippen MR) is 144 cm³/mol. The maximum Gasteiger partial charge on any atom is 0.294 e. The van der Waals surface area contributed by atoms with E-state index >= 15 is 0 Å². The van der Waals surface area contributed by atoms with E-state index in [-0.39, 0.29) is 17.4 Å². The molecule has 0 unspecified atom stereocenters. The Morgan fingerprint density at radius 3 is 2.17 bits per heavy atom. The van der Waals surface area contributed by atoms with Gasteiger partial charge in [-0.2, -0.15) is 0 Å². The van der Waals surface area contributed by atoms with Crippen molar-refractivity contribution in [2.24, 2.45) is 5.92 Å². The summed E-state index contributed by atoms with van der Waals surface area (Å²) in [6.07, 6.45) is 1.40. The van der Waals surface area contributed by atoms with E-state index in [9.17, 15) is 9.59 Å². The third kappa shape index (κ3) is 5.18. The average molecular weight is 481 g/mol. The lowest BCUT2D eigenvalue weighted by molar-refractivity contribution is -0.125. The van der Waals surface area contributed by atoms with E-state index in [1.807, 2.05) is 45.9 Å². The number of rotatable bonds is 6. The Morgan fingerprint density at radius 2 is 1.50 bits per heavy atom. The summed E-state index contributed by atoms with van der Waals surface area (Å²) in [5.74, 6) is 0.500. The molecule has 1 fully saturated rings. The first-order valence-electron chi connectivity index (χ1n) is 12.6. The van der Waals surface area contributed by atoms with E-state index in [4.69, 9.17) is 4.98 Å². The summed E-state index contributed by atoms with van der Waals surface area (Å²) in [5.41, 5.74) is 6.12. The molecule has 1 N–H and O–H groups in total. The fourth-order valence-corrected chi connectivity index (χ4v) is 4.81. The van der Waals surface area contributed by atoms with Crippen molar-refractivity contribution in [2.75, 3.05) is 18.0 Å². The van der Waals surface area contributed by atoms with Crippen LogP contribution in [-0.4, -0.2) is 28.5 Å². The van der Waals surface area contributed by atoms with Crippen molar-refractivity contribution in [1.82, 2.24) is 14.9 Å². The van der Waals surface area contributed by atoms with Gasteiger partial charge >= 0.3 is 0 Å². The Morgan fingerprint density at radius 1 is 0.889 bits per heavy atom. The molecule has 0 radical (unpaired) electrons. The normalized spacial score (nSPS) is 14.2. The summed E-state index contributed by atoms with van der Waals surface area (Å²) in [5, 5.41) is 3.08. The summed E-state index contributed by atoms with van der Waals surface area (Å²) < 4.78 is 1.82. The quantitative estimate of drug-likeness (QED) is 0.438. The zero-order valence-corrected chi connectivity index (χ0v) is 20.9. The van der Waals surface area contributed by atoms with Gasteiger partial charge in [0.1, 0.15) is 0 Å². The molecule has 1 amide bonds. The fourth-order valence-electron chi connectivity index (χ4n) is 4.81. The third-order valence-corrected chi connectivity index (χ3v) is 7.05. The summed E-state index contributed by atoms with van der Waals surface area (Å²) >= 11 is 0. The number of aromatic nitrogens is 2. The first kappa shape index (κ1) is 23.8. The Balaban J connectivity index is 1.31. The maximum absolute atomic E-state index is 13.6. The molecule has 1 saturated heterocycles. The Kier molecular flexibility index (Phi) is 6.85. The number of hydrogen-bond acceptors (Lipinski definition) is 4. The lowest BCUT2D eigenvalue weighted by Gasteiger charge is -2.32. The lowest BCUT2D eigenvalue weighted by atomic mass is 9.96. The van der Waals surface area contributed by atoms with Crippen LogP contribution in [0.5, 0.6) is 0 Å².